The first-order valence-electron chi connectivity index (χ1n) is 7.68. The highest BCUT2D eigenvalue weighted by molar-refractivity contribution is 6.30. The third-order valence-electron chi connectivity index (χ3n) is 5.04. The minimum absolute atomic E-state index is 0. The van der Waals surface area contributed by atoms with E-state index in [1.807, 2.05) is 24.3 Å². The second kappa shape index (κ2) is 6.09. The van der Waals surface area contributed by atoms with E-state index in [-0.39, 0.29) is 14.3 Å². The molecule has 1 saturated carbocycles. The summed E-state index contributed by atoms with van der Waals surface area (Å²) in [4.78, 5) is 14.8. The molecule has 4 bridgehead atoms. The molecule has 3 aliphatic heterocycles. The Balaban J connectivity index is 0.00000144. The van der Waals surface area contributed by atoms with Crippen molar-refractivity contribution in [1.29, 1.82) is 0 Å². The van der Waals surface area contributed by atoms with E-state index in [1.165, 1.54) is 25.0 Å². The van der Waals surface area contributed by atoms with Crippen LogP contribution < -0.4 is 5.32 Å². The zero-order valence-electron chi connectivity index (χ0n) is 12.5. The van der Waals surface area contributed by atoms with E-state index in [9.17, 15) is 4.79 Å². The molecule has 2 atom stereocenters. The Morgan fingerprint density at radius 1 is 1.23 bits per heavy atom. The van der Waals surface area contributed by atoms with Gasteiger partial charge in [0.1, 0.15) is 0 Å². The first kappa shape index (κ1) is 15.6. The average molecular weight is 314 g/mol. The van der Waals surface area contributed by atoms with Gasteiger partial charge in [0.25, 0.3) is 0 Å². The molecule has 3 heterocycles. The molecule has 3 radical (unpaired) electrons. The topological polar surface area (TPSA) is 32.3 Å². The zero-order valence-corrected chi connectivity index (χ0v) is 13.2. The molecular formula is C17H19BClN2O. The van der Waals surface area contributed by atoms with Crippen molar-refractivity contribution in [3.63, 3.8) is 0 Å². The summed E-state index contributed by atoms with van der Waals surface area (Å²) in [6.45, 7) is 3.56. The highest BCUT2D eigenvalue weighted by Crippen LogP contribution is 2.46. The lowest BCUT2D eigenvalue weighted by atomic mass is 9.65. The van der Waals surface area contributed by atoms with Crippen molar-refractivity contribution in [3.8, 4) is 0 Å². The molecule has 1 aromatic rings. The Labute approximate surface area is 138 Å². The van der Waals surface area contributed by atoms with Gasteiger partial charge in [-0.25, -0.2) is 0 Å². The van der Waals surface area contributed by atoms with Crippen LogP contribution in [-0.4, -0.2) is 38.9 Å². The minimum atomic E-state index is -0.0188. The SMILES string of the molecule is O=C(C=C1C2CC3CC1CN(C3)C2)Nc1cccc(Cl)c1.[B]. The third-order valence-corrected chi connectivity index (χ3v) is 5.28. The van der Waals surface area contributed by atoms with Gasteiger partial charge in [0.2, 0.25) is 5.91 Å². The van der Waals surface area contributed by atoms with Crippen LogP contribution in [0.5, 0.6) is 0 Å². The number of nitrogens with zero attached hydrogens (tertiary/aromatic N) is 1. The molecule has 1 N–H and O–H groups in total. The third kappa shape index (κ3) is 2.95. The predicted octanol–water partition coefficient (Wildman–Crippen LogP) is 2.80. The number of rotatable bonds is 2. The van der Waals surface area contributed by atoms with Crippen LogP contribution in [0, 0.1) is 17.8 Å². The Morgan fingerprint density at radius 2 is 1.95 bits per heavy atom. The van der Waals surface area contributed by atoms with Crippen LogP contribution in [0.2, 0.25) is 5.02 Å². The number of benzene rings is 1. The Morgan fingerprint density at radius 3 is 2.59 bits per heavy atom. The number of piperidine rings is 3. The number of nitrogens with one attached hydrogen (secondary N) is 1. The molecule has 1 aliphatic carbocycles. The van der Waals surface area contributed by atoms with Crippen molar-refractivity contribution in [2.24, 2.45) is 17.8 Å². The van der Waals surface area contributed by atoms with Crippen molar-refractivity contribution >= 4 is 31.6 Å². The maximum Gasteiger partial charge on any atom is 0.248 e. The molecule has 4 aliphatic rings. The molecule has 5 heteroatoms. The van der Waals surface area contributed by atoms with Gasteiger partial charge in [-0.1, -0.05) is 23.2 Å². The monoisotopic (exact) mass is 313 g/mol. The van der Waals surface area contributed by atoms with Crippen molar-refractivity contribution in [1.82, 2.24) is 4.90 Å². The lowest BCUT2D eigenvalue weighted by molar-refractivity contribution is -0.112. The van der Waals surface area contributed by atoms with E-state index in [4.69, 9.17) is 11.6 Å². The Kier molecular flexibility index (Phi) is 4.33. The molecule has 113 valence electrons. The molecule has 4 fully saturated rings. The van der Waals surface area contributed by atoms with Gasteiger partial charge < -0.3 is 10.2 Å². The van der Waals surface area contributed by atoms with Crippen LogP contribution in [0.15, 0.2) is 35.9 Å². The maximum atomic E-state index is 12.3. The maximum absolute atomic E-state index is 12.3. The number of carbonyl (C=O) groups excluding carboxylic acids is 1. The summed E-state index contributed by atoms with van der Waals surface area (Å²) in [6, 6.07) is 7.30. The van der Waals surface area contributed by atoms with Gasteiger partial charge in [-0.05, 0) is 48.8 Å². The van der Waals surface area contributed by atoms with Crippen molar-refractivity contribution in [3.05, 3.63) is 40.9 Å². The van der Waals surface area contributed by atoms with E-state index in [0.29, 0.717) is 16.9 Å². The average Bonchev–Trinajstić information content (AvgIpc) is 2.42. The van der Waals surface area contributed by atoms with Crippen LogP contribution in [0.25, 0.3) is 0 Å². The van der Waals surface area contributed by atoms with Crippen LogP contribution in [0.1, 0.15) is 12.8 Å². The molecular weight excluding hydrogens is 294 g/mol. The van der Waals surface area contributed by atoms with Crippen LogP contribution >= 0.6 is 11.6 Å². The second-order valence-corrected chi connectivity index (χ2v) is 7.03. The summed E-state index contributed by atoms with van der Waals surface area (Å²) in [6.07, 6.45) is 4.39. The fourth-order valence-corrected chi connectivity index (χ4v) is 4.55. The van der Waals surface area contributed by atoms with Gasteiger partial charge in [0.05, 0.1) is 0 Å². The van der Waals surface area contributed by atoms with Crippen LogP contribution in [-0.2, 0) is 4.79 Å². The predicted molar refractivity (Wildman–Crippen MR) is 90.1 cm³/mol. The van der Waals surface area contributed by atoms with Crippen LogP contribution in [0.3, 0.4) is 0 Å². The number of amides is 1. The number of carbonyl (C=O) groups is 1. The number of hydrogen-bond donors (Lipinski definition) is 1. The summed E-state index contributed by atoms with van der Waals surface area (Å²) in [5.41, 5.74) is 2.14. The number of hydrogen-bond acceptors (Lipinski definition) is 2. The van der Waals surface area contributed by atoms with Crippen molar-refractivity contribution in [2.45, 2.75) is 12.8 Å². The van der Waals surface area contributed by atoms with Gasteiger partial charge in [-0.3, -0.25) is 4.79 Å². The summed E-state index contributed by atoms with van der Waals surface area (Å²) >= 11 is 5.95. The number of anilines is 1. The van der Waals surface area contributed by atoms with Gasteiger partial charge in [0, 0.05) is 44.8 Å². The molecule has 2 unspecified atom stereocenters. The van der Waals surface area contributed by atoms with E-state index < -0.39 is 0 Å². The fraction of sp³-hybridized carbons (Fsp3) is 0.471. The highest BCUT2D eigenvalue weighted by atomic mass is 35.5. The Bertz CT molecular complexity index is 586. The summed E-state index contributed by atoms with van der Waals surface area (Å²) < 4.78 is 0. The Hall–Kier alpha value is -1.26. The second-order valence-electron chi connectivity index (χ2n) is 6.59. The summed E-state index contributed by atoms with van der Waals surface area (Å²) in [5, 5.41) is 3.57. The quantitative estimate of drug-likeness (QED) is 0.672. The van der Waals surface area contributed by atoms with Crippen molar-refractivity contribution < 1.29 is 4.79 Å². The smallest absolute Gasteiger partial charge is 0.248 e. The van der Waals surface area contributed by atoms with E-state index in [1.54, 1.807) is 6.07 Å². The number of halogens is 1. The standard InChI is InChI=1S/C17H19ClN2O.B/c18-14-2-1-3-15(6-14)19-17(21)7-16-12-4-11-5-13(16)10-20(8-11)9-12;/h1-3,6-7,11-13H,4-5,8-10H2,(H,19,21);. The van der Waals surface area contributed by atoms with Crippen LogP contribution in [0.4, 0.5) is 5.69 Å². The normalized spacial score (nSPS) is 31.6. The lowest BCUT2D eigenvalue weighted by Gasteiger charge is -2.53. The molecule has 3 saturated heterocycles. The lowest BCUT2D eigenvalue weighted by Crippen LogP contribution is -2.54. The summed E-state index contributed by atoms with van der Waals surface area (Å²) in [5.74, 6) is 2.04. The van der Waals surface area contributed by atoms with Gasteiger partial charge in [-0.15, -0.1) is 0 Å². The molecule has 1 aromatic carbocycles. The zero-order chi connectivity index (χ0) is 14.4. The van der Waals surface area contributed by atoms with E-state index >= 15 is 0 Å². The minimum Gasteiger partial charge on any atom is -0.322 e. The molecule has 22 heavy (non-hydrogen) atoms. The first-order valence-corrected chi connectivity index (χ1v) is 8.05. The molecule has 1 amide bonds. The molecule has 5 rings (SSSR count). The summed E-state index contributed by atoms with van der Waals surface area (Å²) in [7, 11) is 0. The van der Waals surface area contributed by atoms with E-state index in [2.05, 4.69) is 10.2 Å². The highest BCUT2D eigenvalue weighted by Gasteiger charge is 2.44. The molecule has 0 aromatic heterocycles. The van der Waals surface area contributed by atoms with Gasteiger partial charge >= 0.3 is 0 Å². The molecule has 3 nitrogen and oxygen atoms in total. The molecule has 0 spiro atoms. The first-order chi connectivity index (χ1) is 10.2. The van der Waals surface area contributed by atoms with Gasteiger partial charge in [0.15, 0.2) is 0 Å². The van der Waals surface area contributed by atoms with Crippen molar-refractivity contribution in [2.75, 3.05) is 25.0 Å². The van der Waals surface area contributed by atoms with Gasteiger partial charge in [-0.2, -0.15) is 0 Å². The fourth-order valence-electron chi connectivity index (χ4n) is 4.36. The largest absolute Gasteiger partial charge is 0.322 e. The van der Waals surface area contributed by atoms with E-state index in [0.717, 1.165) is 24.7 Å².